The van der Waals surface area contributed by atoms with Crippen LogP contribution in [0, 0.1) is 53.1 Å². The zero-order valence-corrected chi connectivity index (χ0v) is 21.9. The third-order valence-electron chi connectivity index (χ3n) is 9.80. The zero-order chi connectivity index (χ0) is 25.3. The Morgan fingerprint density at radius 3 is 1.54 bits per heavy atom. The molecule has 2 atom stereocenters. The Balaban J connectivity index is 1.69. The molecule has 4 heteroatoms. The van der Waals surface area contributed by atoms with Crippen LogP contribution >= 0.6 is 0 Å². The Morgan fingerprint density at radius 2 is 1.17 bits per heavy atom. The number of aryl methyl sites for hydroxylation is 2. The lowest BCUT2D eigenvalue weighted by atomic mass is 9.31. The minimum Gasteiger partial charge on any atom is -0.388 e. The zero-order valence-electron chi connectivity index (χ0n) is 21.9. The molecule has 0 heterocycles. The van der Waals surface area contributed by atoms with Gasteiger partial charge in [0, 0.05) is 0 Å². The third kappa shape index (κ3) is 3.53. The maximum Gasteiger partial charge on any atom is 0.292 e. The number of hydrogen-bond donors (Lipinski definition) is 0. The normalized spacial score (nSPS) is 33.1. The fourth-order valence-electron chi connectivity index (χ4n) is 8.84. The van der Waals surface area contributed by atoms with Crippen molar-refractivity contribution in [3.05, 3.63) is 58.7 Å². The van der Waals surface area contributed by atoms with E-state index >= 15 is 0 Å². The highest BCUT2D eigenvalue weighted by molar-refractivity contribution is 5.47. The SMILES string of the molecule is Cc1cc(C23CC4(C)CC(c5ccc(OC#N)c(C)c5)(C2)CC(C(C)(C)C)(C4)C3)ccc1OC#N. The summed E-state index contributed by atoms with van der Waals surface area (Å²) >= 11 is 0. The number of hydrogen-bond acceptors (Lipinski definition) is 4. The molecule has 0 aromatic heterocycles. The summed E-state index contributed by atoms with van der Waals surface area (Å²) < 4.78 is 10.4. The topological polar surface area (TPSA) is 66.0 Å². The lowest BCUT2D eigenvalue weighted by Gasteiger charge is -2.73. The highest BCUT2D eigenvalue weighted by Crippen LogP contribution is 2.77. The van der Waals surface area contributed by atoms with Gasteiger partial charge in [-0.15, -0.1) is 10.5 Å². The van der Waals surface area contributed by atoms with Gasteiger partial charge < -0.3 is 9.47 Å². The van der Waals surface area contributed by atoms with E-state index in [1.54, 1.807) is 0 Å². The Kier molecular flexibility index (Phi) is 5.09. The van der Waals surface area contributed by atoms with Gasteiger partial charge in [-0.1, -0.05) is 52.0 Å². The summed E-state index contributed by atoms with van der Waals surface area (Å²) in [6.45, 7) is 13.9. The van der Waals surface area contributed by atoms with Crippen LogP contribution in [0.2, 0.25) is 0 Å². The minimum absolute atomic E-state index is 0.0858. The molecule has 0 spiro atoms. The number of rotatable bonds is 4. The van der Waals surface area contributed by atoms with E-state index < -0.39 is 0 Å². The van der Waals surface area contributed by atoms with E-state index in [0.29, 0.717) is 11.5 Å². The molecule has 4 bridgehead atoms. The largest absolute Gasteiger partial charge is 0.388 e. The Hall–Kier alpha value is -2.98. The first-order valence-electron chi connectivity index (χ1n) is 12.7. The Labute approximate surface area is 209 Å². The highest BCUT2D eigenvalue weighted by Gasteiger charge is 2.69. The minimum atomic E-state index is 0.0858. The molecule has 4 nitrogen and oxygen atoms in total. The second-order valence-electron chi connectivity index (χ2n) is 13.3. The first kappa shape index (κ1) is 23.7. The fourth-order valence-corrected chi connectivity index (χ4v) is 8.84. The van der Waals surface area contributed by atoms with E-state index in [4.69, 9.17) is 20.0 Å². The van der Waals surface area contributed by atoms with Gasteiger partial charge >= 0.3 is 0 Å². The summed E-state index contributed by atoms with van der Waals surface area (Å²) in [5.74, 6) is 1.30. The Morgan fingerprint density at radius 1 is 0.714 bits per heavy atom. The summed E-state index contributed by atoms with van der Waals surface area (Å²) in [7, 11) is 0. The van der Waals surface area contributed by atoms with E-state index in [1.807, 2.05) is 38.5 Å². The third-order valence-corrected chi connectivity index (χ3v) is 9.80. The van der Waals surface area contributed by atoms with Gasteiger partial charge in [0.2, 0.25) is 0 Å². The van der Waals surface area contributed by atoms with Gasteiger partial charge in [0.05, 0.1) is 0 Å². The molecule has 35 heavy (non-hydrogen) atoms. The average Bonchev–Trinajstić information content (AvgIpc) is 2.74. The number of benzene rings is 2. The second kappa shape index (κ2) is 7.51. The van der Waals surface area contributed by atoms with Crippen LogP contribution in [0.1, 0.15) is 88.5 Å². The van der Waals surface area contributed by atoms with E-state index in [9.17, 15) is 0 Å². The van der Waals surface area contributed by atoms with Gasteiger partial charge in [-0.25, -0.2) is 0 Å². The summed E-state index contributed by atoms with van der Waals surface area (Å²) in [6, 6.07) is 13.0. The molecule has 6 rings (SSSR count). The molecule has 0 amide bonds. The smallest absolute Gasteiger partial charge is 0.292 e. The number of ether oxygens (including phenoxy) is 2. The molecule has 0 N–H and O–H groups in total. The molecule has 4 aliphatic carbocycles. The maximum absolute atomic E-state index is 9.04. The van der Waals surface area contributed by atoms with Crippen LogP contribution in [-0.2, 0) is 10.8 Å². The monoisotopic (exact) mass is 468 g/mol. The van der Waals surface area contributed by atoms with Crippen LogP contribution in [0.5, 0.6) is 11.5 Å². The van der Waals surface area contributed by atoms with Crippen molar-refractivity contribution in [1.82, 2.24) is 0 Å². The summed E-state index contributed by atoms with van der Waals surface area (Å²) in [4.78, 5) is 0. The van der Waals surface area contributed by atoms with E-state index in [1.165, 1.54) is 43.2 Å². The van der Waals surface area contributed by atoms with Crippen molar-refractivity contribution in [1.29, 1.82) is 10.5 Å². The first-order valence-corrected chi connectivity index (χ1v) is 12.7. The van der Waals surface area contributed by atoms with E-state index in [0.717, 1.165) is 17.5 Å². The van der Waals surface area contributed by atoms with Crippen LogP contribution in [0.25, 0.3) is 0 Å². The highest BCUT2D eigenvalue weighted by atomic mass is 16.5. The molecule has 2 aromatic carbocycles. The molecule has 4 aliphatic rings. The van der Waals surface area contributed by atoms with Crippen molar-refractivity contribution in [3.63, 3.8) is 0 Å². The van der Waals surface area contributed by atoms with Crippen LogP contribution in [-0.4, -0.2) is 0 Å². The predicted molar refractivity (Wildman–Crippen MR) is 136 cm³/mol. The molecule has 0 radical (unpaired) electrons. The molecule has 0 aliphatic heterocycles. The molecule has 4 saturated carbocycles. The van der Waals surface area contributed by atoms with Crippen molar-refractivity contribution in [2.45, 2.75) is 90.9 Å². The molecule has 2 unspecified atom stereocenters. The van der Waals surface area contributed by atoms with Gasteiger partial charge in [-0.05, 0) is 114 Å². The first-order chi connectivity index (χ1) is 16.4. The standard InChI is InChI=1S/C31H36N2O2/c1-21-11-23(7-9-25(21)34-19-32)29-13-28(6)14-30(16-29,18-31(15-28,17-29)27(3,4)5)24-8-10-26(35-20-33)22(2)12-24/h7-12H,13-18H2,1-6H3. The molecule has 182 valence electrons. The van der Waals surface area contributed by atoms with Gasteiger partial charge in [-0.2, -0.15) is 0 Å². The van der Waals surface area contributed by atoms with Gasteiger partial charge in [-0.3, -0.25) is 0 Å². The van der Waals surface area contributed by atoms with Crippen molar-refractivity contribution >= 4 is 0 Å². The second-order valence-corrected chi connectivity index (χ2v) is 13.3. The molecule has 2 aromatic rings. The van der Waals surface area contributed by atoms with Crippen LogP contribution in [0.15, 0.2) is 36.4 Å². The molecule has 0 saturated heterocycles. The molecule has 4 fully saturated rings. The van der Waals surface area contributed by atoms with E-state index in [2.05, 4.69) is 52.0 Å². The summed E-state index contributed by atoms with van der Waals surface area (Å²) in [5.41, 5.74) is 5.69. The lowest BCUT2D eigenvalue weighted by molar-refractivity contribution is -0.176. The van der Waals surface area contributed by atoms with Crippen molar-refractivity contribution in [2.75, 3.05) is 0 Å². The Bertz CT molecular complexity index is 1190. The van der Waals surface area contributed by atoms with Gasteiger partial charge in [0.25, 0.3) is 12.5 Å². The quantitative estimate of drug-likeness (QED) is 0.433. The number of nitriles is 2. The van der Waals surface area contributed by atoms with Crippen LogP contribution < -0.4 is 9.47 Å². The fraction of sp³-hybridized carbons (Fsp3) is 0.548. The molecular weight excluding hydrogens is 432 g/mol. The number of nitrogens with zero attached hydrogens (tertiary/aromatic N) is 2. The maximum atomic E-state index is 9.04. The van der Waals surface area contributed by atoms with Crippen molar-refractivity contribution in [3.8, 4) is 24.0 Å². The van der Waals surface area contributed by atoms with Crippen molar-refractivity contribution in [2.24, 2.45) is 16.2 Å². The predicted octanol–water partition coefficient (Wildman–Crippen LogP) is 7.62. The lowest BCUT2D eigenvalue weighted by Crippen LogP contribution is -2.66. The van der Waals surface area contributed by atoms with Gasteiger partial charge in [0.15, 0.2) is 0 Å². The van der Waals surface area contributed by atoms with E-state index in [-0.39, 0.29) is 27.1 Å². The summed E-state index contributed by atoms with van der Waals surface area (Å²) in [6.07, 6.45) is 10.9. The average molecular weight is 469 g/mol. The van der Waals surface area contributed by atoms with Crippen LogP contribution in [0.3, 0.4) is 0 Å². The van der Waals surface area contributed by atoms with Crippen molar-refractivity contribution < 1.29 is 9.47 Å². The summed E-state index contributed by atoms with van der Waals surface area (Å²) in [5, 5.41) is 18.1. The van der Waals surface area contributed by atoms with Gasteiger partial charge in [0.1, 0.15) is 11.5 Å². The van der Waals surface area contributed by atoms with Crippen LogP contribution in [0.4, 0.5) is 0 Å². The molecular formula is C31H36N2O2.